The zero-order valence-corrected chi connectivity index (χ0v) is 10.8. The van der Waals surface area contributed by atoms with Crippen LogP contribution in [0.5, 0.6) is 0 Å². The maximum Gasteiger partial charge on any atom is 0.293 e. The van der Waals surface area contributed by atoms with Crippen LogP contribution in [0.15, 0.2) is 35.1 Å². The van der Waals surface area contributed by atoms with Crippen molar-refractivity contribution < 1.29 is 9.21 Å². The molecule has 0 radical (unpaired) electrons. The number of aromatic nitrogens is 1. The van der Waals surface area contributed by atoms with Crippen molar-refractivity contribution in [3.8, 4) is 0 Å². The maximum absolute atomic E-state index is 11.9. The van der Waals surface area contributed by atoms with E-state index in [0.717, 1.165) is 11.3 Å². The smallest absolute Gasteiger partial charge is 0.293 e. The molecule has 1 amide bonds. The lowest BCUT2D eigenvalue weighted by molar-refractivity contribution is 0.0996. The summed E-state index contributed by atoms with van der Waals surface area (Å²) in [5.41, 5.74) is 2.36. The fourth-order valence-electron chi connectivity index (χ4n) is 1.46. The fourth-order valence-corrected chi connectivity index (χ4v) is 1.95. The van der Waals surface area contributed by atoms with Crippen molar-refractivity contribution in [2.75, 3.05) is 5.32 Å². The number of carbonyl (C=O) groups excluding carboxylic acids is 1. The predicted molar refractivity (Wildman–Crippen MR) is 68.3 cm³/mol. The molecule has 0 saturated carbocycles. The molecular weight excluding hydrogens is 284 g/mol. The van der Waals surface area contributed by atoms with Crippen LogP contribution in [-0.4, -0.2) is 10.9 Å². The van der Waals surface area contributed by atoms with Crippen molar-refractivity contribution in [1.82, 2.24) is 4.98 Å². The van der Waals surface area contributed by atoms with Gasteiger partial charge in [-0.2, -0.15) is 0 Å². The Kier molecular flexibility index (Phi) is 3.58. The molecule has 1 heterocycles. The Hall–Kier alpha value is -1.62. The summed E-state index contributed by atoms with van der Waals surface area (Å²) in [6.07, 6.45) is 1.26. The van der Waals surface area contributed by atoms with Crippen molar-refractivity contribution in [3.63, 3.8) is 0 Å². The summed E-state index contributed by atoms with van der Waals surface area (Å²) < 4.78 is 5.04. The number of para-hydroxylation sites is 1. The number of benzene rings is 1. The monoisotopic (exact) mass is 294 g/mol. The molecule has 0 aliphatic heterocycles. The Morgan fingerprint density at radius 2 is 2.24 bits per heavy atom. The lowest BCUT2D eigenvalue weighted by atomic mass is 10.2. The number of carbonyl (C=O) groups is 1. The minimum absolute atomic E-state index is 0.245. The molecular formula is C12H11BrN2O2. The second-order valence-electron chi connectivity index (χ2n) is 3.51. The molecule has 0 spiro atoms. The van der Waals surface area contributed by atoms with Crippen LogP contribution in [-0.2, 0) is 5.33 Å². The van der Waals surface area contributed by atoms with Crippen LogP contribution < -0.4 is 5.32 Å². The second kappa shape index (κ2) is 5.14. The molecule has 0 atom stereocenters. The van der Waals surface area contributed by atoms with Gasteiger partial charge in [-0.25, -0.2) is 4.98 Å². The number of aryl methyl sites for hydroxylation is 1. The summed E-state index contributed by atoms with van der Waals surface area (Å²) in [6.45, 7) is 1.73. The van der Waals surface area contributed by atoms with E-state index >= 15 is 0 Å². The van der Waals surface area contributed by atoms with Gasteiger partial charge in [0, 0.05) is 11.0 Å². The molecule has 1 aromatic carbocycles. The van der Waals surface area contributed by atoms with Gasteiger partial charge in [-0.15, -0.1) is 0 Å². The van der Waals surface area contributed by atoms with Gasteiger partial charge in [0.2, 0.25) is 5.76 Å². The van der Waals surface area contributed by atoms with Crippen molar-refractivity contribution >= 4 is 27.5 Å². The topological polar surface area (TPSA) is 55.1 Å². The van der Waals surface area contributed by atoms with E-state index in [1.165, 1.54) is 6.39 Å². The van der Waals surface area contributed by atoms with Gasteiger partial charge in [0.05, 0.1) is 5.69 Å². The molecule has 0 aliphatic rings. The first-order valence-corrected chi connectivity index (χ1v) is 6.20. The van der Waals surface area contributed by atoms with Gasteiger partial charge >= 0.3 is 0 Å². The average Bonchev–Trinajstić information content (AvgIpc) is 2.76. The third kappa shape index (κ3) is 2.55. The van der Waals surface area contributed by atoms with Crippen LogP contribution in [0, 0.1) is 6.92 Å². The van der Waals surface area contributed by atoms with E-state index in [-0.39, 0.29) is 11.7 Å². The van der Waals surface area contributed by atoms with Gasteiger partial charge in [-0.3, -0.25) is 4.79 Å². The molecule has 1 N–H and O–H groups in total. The molecule has 0 aliphatic carbocycles. The molecule has 2 rings (SSSR count). The standard InChI is InChI=1S/C12H11BrN2O2/c1-8-11(17-7-14-8)12(16)15-10-5-3-2-4-9(10)6-13/h2-5,7H,6H2,1H3,(H,15,16). The zero-order chi connectivity index (χ0) is 12.3. The number of hydrogen-bond donors (Lipinski definition) is 1. The summed E-state index contributed by atoms with van der Waals surface area (Å²) in [5.74, 6) is -0.0391. The van der Waals surface area contributed by atoms with Crippen LogP contribution in [0.2, 0.25) is 0 Å². The molecule has 0 unspecified atom stereocenters. The number of alkyl halides is 1. The molecule has 17 heavy (non-hydrogen) atoms. The highest BCUT2D eigenvalue weighted by Gasteiger charge is 2.14. The van der Waals surface area contributed by atoms with Gasteiger partial charge in [-0.05, 0) is 18.6 Å². The number of rotatable bonds is 3. The molecule has 88 valence electrons. The Labute approximate surface area is 107 Å². The van der Waals surface area contributed by atoms with Gasteiger partial charge < -0.3 is 9.73 Å². The van der Waals surface area contributed by atoms with Crippen LogP contribution in [0.3, 0.4) is 0 Å². The Morgan fingerprint density at radius 1 is 1.47 bits per heavy atom. The SMILES string of the molecule is Cc1ncoc1C(=O)Nc1ccccc1CBr. The minimum atomic E-state index is -0.284. The normalized spacial score (nSPS) is 10.2. The van der Waals surface area contributed by atoms with Crippen LogP contribution in [0.1, 0.15) is 21.8 Å². The number of amides is 1. The summed E-state index contributed by atoms with van der Waals surface area (Å²) >= 11 is 3.37. The van der Waals surface area contributed by atoms with Gasteiger partial charge in [-0.1, -0.05) is 34.1 Å². The van der Waals surface area contributed by atoms with Crippen LogP contribution >= 0.6 is 15.9 Å². The summed E-state index contributed by atoms with van der Waals surface area (Å²) in [6, 6.07) is 7.58. The van der Waals surface area contributed by atoms with Crippen LogP contribution in [0.25, 0.3) is 0 Å². The molecule has 0 fully saturated rings. The zero-order valence-electron chi connectivity index (χ0n) is 9.24. The number of hydrogen-bond acceptors (Lipinski definition) is 3. The second-order valence-corrected chi connectivity index (χ2v) is 4.07. The average molecular weight is 295 g/mol. The van der Waals surface area contributed by atoms with E-state index in [2.05, 4.69) is 26.2 Å². The summed E-state index contributed by atoms with van der Waals surface area (Å²) in [5, 5.41) is 3.48. The molecule has 1 aromatic heterocycles. The summed E-state index contributed by atoms with van der Waals surface area (Å²) in [7, 11) is 0. The molecule has 0 bridgehead atoms. The lowest BCUT2D eigenvalue weighted by Crippen LogP contribution is -2.13. The first kappa shape index (κ1) is 11.9. The quantitative estimate of drug-likeness (QED) is 0.885. The Bertz CT molecular complexity index is 537. The third-order valence-electron chi connectivity index (χ3n) is 2.36. The Morgan fingerprint density at radius 3 is 2.88 bits per heavy atom. The van der Waals surface area contributed by atoms with E-state index in [9.17, 15) is 4.79 Å². The molecule has 2 aromatic rings. The van der Waals surface area contributed by atoms with Gasteiger partial charge in [0.25, 0.3) is 5.91 Å². The number of oxazole rings is 1. The van der Waals surface area contributed by atoms with Gasteiger partial charge in [0.15, 0.2) is 6.39 Å². The van der Waals surface area contributed by atoms with E-state index in [4.69, 9.17) is 4.42 Å². The van der Waals surface area contributed by atoms with Crippen molar-refractivity contribution in [2.45, 2.75) is 12.3 Å². The predicted octanol–water partition coefficient (Wildman–Crippen LogP) is 3.13. The number of nitrogens with one attached hydrogen (secondary N) is 1. The largest absolute Gasteiger partial charge is 0.438 e. The number of anilines is 1. The van der Waals surface area contributed by atoms with E-state index in [1.54, 1.807) is 6.92 Å². The van der Waals surface area contributed by atoms with Gasteiger partial charge in [0.1, 0.15) is 0 Å². The lowest BCUT2D eigenvalue weighted by Gasteiger charge is -2.07. The van der Waals surface area contributed by atoms with Crippen molar-refractivity contribution in [1.29, 1.82) is 0 Å². The highest BCUT2D eigenvalue weighted by molar-refractivity contribution is 9.08. The first-order valence-electron chi connectivity index (χ1n) is 5.07. The summed E-state index contributed by atoms with van der Waals surface area (Å²) in [4.78, 5) is 15.8. The van der Waals surface area contributed by atoms with Crippen molar-refractivity contribution in [2.24, 2.45) is 0 Å². The number of halogens is 1. The molecule has 4 nitrogen and oxygen atoms in total. The molecule has 0 saturated heterocycles. The van der Waals surface area contributed by atoms with Crippen LogP contribution in [0.4, 0.5) is 5.69 Å². The first-order chi connectivity index (χ1) is 8.22. The van der Waals surface area contributed by atoms with E-state index < -0.39 is 0 Å². The maximum atomic E-state index is 11.9. The minimum Gasteiger partial charge on any atom is -0.438 e. The Balaban J connectivity index is 2.22. The highest BCUT2D eigenvalue weighted by Crippen LogP contribution is 2.19. The molecule has 5 heteroatoms. The van der Waals surface area contributed by atoms with E-state index in [0.29, 0.717) is 11.0 Å². The highest BCUT2D eigenvalue weighted by atomic mass is 79.9. The third-order valence-corrected chi connectivity index (χ3v) is 2.97. The number of nitrogens with zero attached hydrogens (tertiary/aromatic N) is 1. The fraction of sp³-hybridized carbons (Fsp3) is 0.167. The van der Waals surface area contributed by atoms with Crippen molar-refractivity contribution in [3.05, 3.63) is 47.7 Å². The van der Waals surface area contributed by atoms with E-state index in [1.807, 2.05) is 24.3 Å².